The first-order chi connectivity index (χ1) is 18.6. The first-order valence-electron chi connectivity index (χ1n) is 11.5. The van der Waals surface area contributed by atoms with Crippen LogP contribution in [0, 0.1) is 29.6 Å². The van der Waals surface area contributed by atoms with Crippen molar-refractivity contribution in [2.24, 2.45) is 11.0 Å². The molecule has 1 atom stereocenters. The Bertz CT molecular complexity index is 1390. The summed E-state index contributed by atoms with van der Waals surface area (Å²) in [5.41, 5.74) is 2.65. The van der Waals surface area contributed by atoms with Gasteiger partial charge in [0.2, 0.25) is 0 Å². The molecule has 0 aromatic carbocycles. The molecule has 1 aliphatic carbocycles. The van der Waals surface area contributed by atoms with E-state index in [9.17, 15) is 26.7 Å². The zero-order valence-electron chi connectivity index (χ0n) is 20.3. The summed E-state index contributed by atoms with van der Waals surface area (Å²) in [6, 6.07) is 2.45. The Balaban J connectivity index is 1.61. The van der Waals surface area contributed by atoms with Crippen LogP contribution in [0.15, 0.2) is 29.6 Å². The number of pyridine rings is 2. The van der Waals surface area contributed by atoms with E-state index in [4.69, 9.17) is 4.74 Å². The number of amidine groups is 1. The Hall–Kier alpha value is -3.88. The number of alkyl halides is 5. The third kappa shape index (κ3) is 8.05. The smallest absolute Gasteiger partial charge is 0.401 e. The minimum atomic E-state index is -4.39. The molecule has 39 heavy (non-hydrogen) atoms. The molecule has 0 radical (unpaired) electrons. The predicted molar refractivity (Wildman–Crippen MR) is 135 cm³/mol. The van der Waals surface area contributed by atoms with Gasteiger partial charge in [-0.3, -0.25) is 25.8 Å². The second-order valence-corrected chi connectivity index (χ2v) is 9.40. The van der Waals surface area contributed by atoms with Crippen molar-refractivity contribution in [1.82, 2.24) is 26.0 Å². The highest BCUT2D eigenvalue weighted by Crippen LogP contribution is 2.35. The average molecular weight is 565 g/mol. The molecule has 2 aromatic rings. The van der Waals surface area contributed by atoms with Crippen LogP contribution in [0.3, 0.4) is 0 Å². The summed E-state index contributed by atoms with van der Waals surface area (Å²) in [4.78, 5) is 21.0. The number of hydrogen-bond donors (Lipinski definition) is 3. The van der Waals surface area contributed by atoms with Crippen LogP contribution < -0.4 is 20.8 Å². The van der Waals surface area contributed by atoms with Gasteiger partial charge in [0, 0.05) is 23.2 Å². The fourth-order valence-electron chi connectivity index (χ4n) is 3.27. The Labute approximate surface area is 224 Å². The van der Waals surface area contributed by atoms with E-state index in [1.165, 1.54) is 31.1 Å². The van der Waals surface area contributed by atoms with Gasteiger partial charge in [0.25, 0.3) is 12.3 Å². The van der Waals surface area contributed by atoms with Crippen molar-refractivity contribution in [3.8, 4) is 40.6 Å². The first-order valence-corrected chi connectivity index (χ1v) is 12.4. The number of thioether (sulfide) groups is 1. The molecule has 1 saturated carbocycles. The molecule has 0 bridgehead atoms. The van der Waals surface area contributed by atoms with Crippen LogP contribution in [0.5, 0.6) is 5.75 Å². The van der Waals surface area contributed by atoms with Crippen LogP contribution in [0.4, 0.5) is 22.0 Å². The van der Waals surface area contributed by atoms with Crippen molar-refractivity contribution in [2.45, 2.75) is 30.8 Å². The molecule has 2 aliphatic rings. The number of methoxy groups -OCH3 is 1. The molecule has 3 N–H and O–H groups in total. The average Bonchev–Trinajstić information content (AvgIpc) is 3.63. The van der Waals surface area contributed by atoms with Gasteiger partial charge < -0.3 is 4.74 Å². The van der Waals surface area contributed by atoms with Crippen molar-refractivity contribution in [3.63, 3.8) is 0 Å². The van der Waals surface area contributed by atoms with Crippen molar-refractivity contribution in [2.75, 3.05) is 20.2 Å². The van der Waals surface area contributed by atoms with E-state index in [-0.39, 0.29) is 45.2 Å². The van der Waals surface area contributed by atoms with Gasteiger partial charge in [0.1, 0.15) is 17.1 Å². The maximum atomic E-state index is 13.4. The maximum absolute atomic E-state index is 13.4. The highest BCUT2D eigenvalue weighted by atomic mass is 32.2. The third-order valence-corrected chi connectivity index (χ3v) is 6.13. The second kappa shape index (κ2) is 12.3. The zero-order chi connectivity index (χ0) is 28.0. The van der Waals surface area contributed by atoms with Crippen LogP contribution in [0.25, 0.3) is 11.1 Å². The number of halogens is 5. The van der Waals surface area contributed by atoms with Crippen molar-refractivity contribution in [1.29, 1.82) is 0 Å². The number of carbonyl (C=O) groups is 1. The van der Waals surface area contributed by atoms with E-state index in [0.717, 1.165) is 25.1 Å². The SMILES string of the molecule is COc1cnc(C(F)F)cc1-c1cc(C#CCNCC(F)(F)F)ncc1C(=O)NC1=NNC(C#CC2CC2)S1. The van der Waals surface area contributed by atoms with Gasteiger partial charge in [-0.05, 0) is 42.7 Å². The standard InChI is InChI=1S/C25H21F5N6O2S/c1-38-20-12-33-19(22(26)27)10-17(20)16-9-15(3-2-8-31-13-25(28,29)30)32-11-18(16)23(37)34-24-36-35-21(39-24)7-6-14-4-5-14/h9-12,14,21-22,31,35H,4-5,8,13H2,1H3,(H,34,36,37). The summed E-state index contributed by atoms with van der Waals surface area (Å²) >= 11 is 1.21. The lowest BCUT2D eigenvalue weighted by atomic mass is 9.99. The largest absolute Gasteiger partial charge is 0.494 e. The molecular weight excluding hydrogens is 543 g/mol. The van der Waals surface area contributed by atoms with Crippen LogP contribution in [-0.2, 0) is 0 Å². The number of nitrogens with zero attached hydrogens (tertiary/aromatic N) is 3. The summed E-state index contributed by atoms with van der Waals surface area (Å²) < 4.78 is 69.1. The molecule has 2 aromatic heterocycles. The van der Waals surface area contributed by atoms with Gasteiger partial charge in [-0.25, -0.2) is 13.8 Å². The van der Waals surface area contributed by atoms with Gasteiger partial charge in [0.15, 0.2) is 10.5 Å². The molecule has 0 spiro atoms. The van der Waals surface area contributed by atoms with Crippen LogP contribution in [0.1, 0.15) is 41.0 Å². The van der Waals surface area contributed by atoms with Gasteiger partial charge in [-0.2, -0.15) is 18.3 Å². The Morgan fingerprint density at radius 1 is 1.21 bits per heavy atom. The molecule has 3 heterocycles. The van der Waals surface area contributed by atoms with Crippen molar-refractivity contribution < 1.29 is 31.5 Å². The molecule has 1 fully saturated rings. The number of aromatic nitrogens is 2. The summed E-state index contributed by atoms with van der Waals surface area (Å²) in [6.45, 7) is -1.49. The quantitative estimate of drug-likeness (QED) is 0.280. The minimum Gasteiger partial charge on any atom is -0.494 e. The molecule has 0 saturated heterocycles. The van der Waals surface area contributed by atoms with Gasteiger partial charge >= 0.3 is 6.18 Å². The molecule has 8 nitrogen and oxygen atoms in total. The van der Waals surface area contributed by atoms with Crippen LogP contribution in [-0.4, -0.2) is 52.8 Å². The van der Waals surface area contributed by atoms with E-state index in [2.05, 4.69) is 54.8 Å². The highest BCUT2D eigenvalue weighted by molar-refractivity contribution is 8.14. The third-order valence-electron chi connectivity index (χ3n) is 5.26. The van der Waals surface area contributed by atoms with Crippen molar-refractivity contribution >= 4 is 22.8 Å². The molecule has 204 valence electrons. The van der Waals surface area contributed by atoms with Gasteiger partial charge in [-0.15, -0.1) is 0 Å². The lowest BCUT2D eigenvalue weighted by Gasteiger charge is -2.14. The van der Waals surface area contributed by atoms with Crippen molar-refractivity contribution in [3.05, 3.63) is 41.5 Å². The Morgan fingerprint density at radius 3 is 2.69 bits per heavy atom. The van der Waals surface area contributed by atoms with E-state index < -0.39 is 30.7 Å². The monoisotopic (exact) mass is 564 g/mol. The fraction of sp³-hybridized carbons (Fsp3) is 0.360. The van der Waals surface area contributed by atoms with Crippen LogP contribution >= 0.6 is 11.8 Å². The van der Waals surface area contributed by atoms with E-state index in [0.29, 0.717) is 5.92 Å². The number of hydrogen-bond acceptors (Lipinski definition) is 8. The second-order valence-electron chi connectivity index (χ2n) is 8.31. The molecule has 1 amide bonds. The number of ether oxygens (including phenoxy) is 1. The summed E-state index contributed by atoms with van der Waals surface area (Å²) in [5, 5.41) is 8.81. The molecule has 4 rings (SSSR count). The number of rotatable bonds is 6. The van der Waals surface area contributed by atoms with E-state index >= 15 is 0 Å². The molecule has 1 unspecified atom stereocenters. The van der Waals surface area contributed by atoms with E-state index in [1.807, 2.05) is 0 Å². The number of hydrazone groups is 1. The number of amides is 1. The van der Waals surface area contributed by atoms with Gasteiger partial charge in [-0.1, -0.05) is 17.8 Å². The van der Waals surface area contributed by atoms with E-state index in [1.54, 1.807) is 0 Å². The van der Waals surface area contributed by atoms with Crippen LogP contribution in [0.2, 0.25) is 0 Å². The minimum absolute atomic E-state index is 0.00345. The maximum Gasteiger partial charge on any atom is 0.401 e. The number of nitrogens with one attached hydrogen (secondary N) is 3. The lowest BCUT2D eigenvalue weighted by Crippen LogP contribution is -2.28. The summed E-state index contributed by atoms with van der Waals surface area (Å²) in [6.07, 6.45) is -2.84. The zero-order valence-corrected chi connectivity index (χ0v) is 21.1. The predicted octanol–water partition coefficient (Wildman–Crippen LogP) is 3.67. The Morgan fingerprint density at radius 2 is 2.00 bits per heavy atom. The molecule has 14 heteroatoms. The fourth-order valence-corrected chi connectivity index (χ4v) is 3.98. The first kappa shape index (κ1) is 28.1. The lowest BCUT2D eigenvalue weighted by molar-refractivity contribution is -0.124. The molecular formula is C25H21F5N6O2S. The highest BCUT2D eigenvalue weighted by Gasteiger charge is 2.26. The number of carbonyl (C=O) groups excluding carboxylic acids is 1. The molecule has 1 aliphatic heterocycles. The van der Waals surface area contributed by atoms with Gasteiger partial charge in [0.05, 0.1) is 32.0 Å². The Kier molecular flexibility index (Phi) is 8.89. The summed E-state index contributed by atoms with van der Waals surface area (Å²) in [5.74, 6) is 11.2. The normalized spacial score (nSPS) is 16.4. The topological polar surface area (TPSA) is 101 Å². The summed E-state index contributed by atoms with van der Waals surface area (Å²) in [7, 11) is 1.31.